The third-order valence-electron chi connectivity index (χ3n) is 6.74. The van der Waals surface area contributed by atoms with Crippen molar-refractivity contribution >= 4 is 5.91 Å². The van der Waals surface area contributed by atoms with Crippen LogP contribution >= 0.6 is 0 Å². The molecule has 1 unspecified atom stereocenters. The molecule has 0 saturated carbocycles. The van der Waals surface area contributed by atoms with Crippen molar-refractivity contribution in [1.82, 2.24) is 19.6 Å². The number of alkyl halides is 6. The summed E-state index contributed by atoms with van der Waals surface area (Å²) in [5.74, 6) is -0.249. The molecule has 1 aliphatic rings. The zero-order valence-corrected chi connectivity index (χ0v) is 21.8. The number of amides is 1. The summed E-state index contributed by atoms with van der Waals surface area (Å²) in [6, 6.07) is 10.2. The van der Waals surface area contributed by atoms with Gasteiger partial charge in [-0.15, -0.1) is 0 Å². The Hall–Kier alpha value is -2.63. The lowest BCUT2D eigenvalue weighted by Gasteiger charge is -2.40. The highest BCUT2D eigenvalue weighted by molar-refractivity contribution is 5.83. The van der Waals surface area contributed by atoms with Crippen LogP contribution in [-0.2, 0) is 23.6 Å². The van der Waals surface area contributed by atoms with Gasteiger partial charge in [-0.05, 0) is 49.8 Å². The number of piperazine rings is 1. The highest BCUT2D eigenvalue weighted by atomic mass is 19.4. The van der Waals surface area contributed by atoms with Crippen LogP contribution < -0.4 is 0 Å². The number of halogens is 6. The van der Waals surface area contributed by atoms with Gasteiger partial charge in [0.05, 0.1) is 11.1 Å². The van der Waals surface area contributed by atoms with E-state index in [0.717, 1.165) is 43.9 Å². The van der Waals surface area contributed by atoms with Crippen molar-refractivity contribution in [2.45, 2.75) is 24.8 Å². The third-order valence-corrected chi connectivity index (χ3v) is 6.74. The molecule has 11 heteroatoms. The quantitative estimate of drug-likeness (QED) is 0.431. The number of carbonyl (C=O) groups is 1. The molecule has 1 amide bonds. The number of hydrogen-bond acceptors (Lipinski definition) is 4. The van der Waals surface area contributed by atoms with Crippen molar-refractivity contribution < 1.29 is 31.1 Å². The first-order chi connectivity index (χ1) is 17.8. The maximum Gasteiger partial charge on any atom is 0.416 e. The first-order valence-corrected chi connectivity index (χ1v) is 12.4. The maximum atomic E-state index is 13.6. The Morgan fingerprint density at radius 3 is 1.89 bits per heavy atom. The third kappa shape index (κ3) is 8.18. The molecular weight excluding hydrogens is 510 g/mol. The number of benzene rings is 2. The van der Waals surface area contributed by atoms with Gasteiger partial charge in [0.25, 0.3) is 0 Å². The second-order valence-electron chi connectivity index (χ2n) is 9.92. The highest BCUT2D eigenvalue weighted by Crippen LogP contribution is 2.36. The Bertz CT molecular complexity index is 1020. The average molecular weight is 545 g/mol. The molecule has 1 aliphatic heterocycles. The zero-order valence-electron chi connectivity index (χ0n) is 21.8. The van der Waals surface area contributed by atoms with E-state index < -0.39 is 29.5 Å². The summed E-state index contributed by atoms with van der Waals surface area (Å²) in [7, 11) is 5.56. The predicted molar refractivity (Wildman–Crippen MR) is 134 cm³/mol. The van der Waals surface area contributed by atoms with Crippen molar-refractivity contribution in [2.24, 2.45) is 0 Å². The van der Waals surface area contributed by atoms with Crippen molar-refractivity contribution in [3.8, 4) is 0 Å². The van der Waals surface area contributed by atoms with Crippen LogP contribution in [0.25, 0.3) is 0 Å². The molecule has 0 N–H and O–H groups in total. The van der Waals surface area contributed by atoms with Crippen LogP contribution in [0.3, 0.4) is 0 Å². The zero-order chi connectivity index (χ0) is 28.1. The molecule has 0 aliphatic carbocycles. The van der Waals surface area contributed by atoms with Gasteiger partial charge in [0.1, 0.15) is 6.04 Å². The molecule has 1 heterocycles. The molecule has 38 heavy (non-hydrogen) atoms. The van der Waals surface area contributed by atoms with Crippen molar-refractivity contribution in [2.75, 3.05) is 67.0 Å². The minimum absolute atomic E-state index is 0.0242. The van der Waals surface area contributed by atoms with Crippen LogP contribution in [0.4, 0.5) is 26.3 Å². The monoisotopic (exact) mass is 544 g/mol. The standard InChI is InChI=1S/C27H34F6N4O/c1-34(2)11-12-36-13-15-37(16-14-36)24(21-7-5-4-6-8-21)25(38)35(3)10-9-20-17-22(26(28,29)30)19-23(18-20)27(31,32)33/h4-8,17-19,24H,9-16H2,1-3H3. The second-order valence-corrected chi connectivity index (χ2v) is 9.92. The van der Waals surface area contributed by atoms with E-state index in [1.54, 1.807) is 0 Å². The second kappa shape index (κ2) is 12.5. The number of carbonyl (C=O) groups excluding carboxylic acids is 1. The number of likely N-dealkylation sites (N-methyl/N-ethyl adjacent to an activating group) is 2. The summed E-state index contributed by atoms with van der Waals surface area (Å²) in [4.78, 5) is 21.5. The van der Waals surface area contributed by atoms with Crippen LogP contribution in [0.2, 0.25) is 0 Å². The molecule has 1 fully saturated rings. The molecule has 2 aromatic carbocycles. The molecular formula is C27H34F6N4O. The van der Waals surface area contributed by atoms with Crippen LogP contribution in [-0.4, -0.2) is 92.5 Å². The summed E-state index contributed by atoms with van der Waals surface area (Å²) in [5.41, 5.74) is -2.04. The van der Waals surface area contributed by atoms with Gasteiger partial charge in [0.15, 0.2) is 0 Å². The van der Waals surface area contributed by atoms with Crippen molar-refractivity contribution in [3.63, 3.8) is 0 Å². The van der Waals surface area contributed by atoms with E-state index >= 15 is 0 Å². The smallest absolute Gasteiger partial charge is 0.344 e. The number of rotatable bonds is 9. The van der Waals surface area contributed by atoms with E-state index in [9.17, 15) is 31.1 Å². The van der Waals surface area contributed by atoms with Gasteiger partial charge < -0.3 is 9.80 Å². The van der Waals surface area contributed by atoms with E-state index in [2.05, 4.69) is 14.7 Å². The molecule has 0 spiro atoms. The lowest BCUT2D eigenvalue weighted by Crippen LogP contribution is -2.52. The topological polar surface area (TPSA) is 30.0 Å². The Morgan fingerprint density at radius 2 is 1.39 bits per heavy atom. The van der Waals surface area contributed by atoms with E-state index in [1.165, 1.54) is 11.9 Å². The number of hydrogen-bond donors (Lipinski definition) is 0. The Labute approximate surface area is 219 Å². The lowest BCUT2D eigenvalue weighted by molar-refractivity contribution is -0.143. The number of nitrogens with zero attached hydrogens (tertiary/aromatic N) is 4. The first kappa shape index (κ1) is 29.9. The van der Waals surface area contributed by atoms with Gasteiger partial charge in [-0.2, -0.15) is 26.3 Å². The minimum Gasteiger partial charge on any atom is -0.344 e. The summed E-state index contributed by atoms with van der Waals surface area (Å²) in [6.45, 7) is 4.72. The minimum atomic E-state index is -4.91. The fraction of sp³-hybridized carbons (Fsp3) is 0.519. The van der Waals surface area contributed by atoms with Gasteiger partial charge in [-0.1, -0.05) is 30.3 Å². The summed E-state index contributed by atoms with van der Waals surface area (Å²) >= 11 is 0. The molecule has 0 radical (unpaired) electrons. The first-order valence-electron chi connectivity index (χ1n) is 12.4. The van der Waals surface area contributed by atoms with E-state index in [1.807, 2.05) is 44.4 Å². The fourth-order valence-electron chi connectivity index (χ4n) is 4.51. The Kier molecular flexibility index (Phi) is 9.83. The SMILES string of the molecule is CN(C)CCN1CCN(C(C(=O)N(C)CCc2cc(C(F)(F)F)cc(C(F)(F)F)c2)c2ccccc2)CC1. The molecule has 0 bridgehead atoms. The normalized spacial score (nSPS) is 16.6. The van der Waals surface area contributed by atoms with Crippen molar-refractivity contribution in [3.05, 3.63) is 70.8 Å². The van der Waals surface area contributed by atoms with E-state index in [4.69, 9.17) is 0 Å². The molecule has 5 nitrogen and oxygen atoms in total. The molecule has 2 aromatic rings. The molecule has 1 atom stereocenters. The lowest BCUT2D eigenvalue weighted by atomic mass is 10.0. The van der Waals surface area contributed by atoms with Gasteiger partial charge >= 0.3 is 12.4 Å². The average Bonchev–Trinajstić information content (AvgIpc) is 2.86. The van der Waals surface area contributed by atoms with Crippen LogP contribution in [0.1, 0.15) is 28.3 Å². The van der Waals surface area contributed by atoms with Crippen molar-refractivity contribution in [1.29, 1.82) is 0 Å². The van der Waals surface area contributed by atoms with Crippen LogP contribution in [0.5, 0.6) is 0 Å². The summed E-state index contributed by atoms with van der Waals surface area (Å²) < 4.78 is 79.4. The fourth-order valence-corrected chi connectivity index (χ4v) is 4.51. The van der Waals surface area contributed by atoms with Gasteiger partial charge in [-0.25, -0.2) is 0 Å². The predicted octanol–water partition coefficient (Wildman–Crippen LogP) is 4.65. The summed E-state index contributed by atoms with van der Waals surface area (Å²) in [5, 5.41) is 0. The maximum absolute atomic E-state index is 13.6. The Balaban J connectivity index is 1.74. The van der Waals surface area contributed by atoms with Crippen LogP contribution in [0.15, 0.2) is 48.5 Å². The highest BCUT2D eigenvalue weighted by Gasteiger charge is 2.37. The van der Waals surface area contributed by atoms with Gasteiger partial charge in [0.2, 0.25) is 5.91 Å². The van der Waals surface area contributed by atoms with Gasteiger partial charge in [0, 0.05) is 52.9 Å². The van der Waals surface area contributed by atoms with Gasteiger partial charge in [-0.3, -0.25) is 14.6 Å². The molecule has 210 valence electrons. The molecule has 3 rings (SSSR count). The van der Waals surface area contributed by atoms with Crippen LogP contribution in [0, 0.1) is 0 Å². The summed E-state index contributed by atoms with van der Waals surface area (Å²) in [6.07, 6.45) is -9.97. The van der Waals surface area contributed by atoms with E-state index in [-0.39, 0.29) is 30.5 Å². The Morgan fingerprint density at radius 1 is 0.842 bits per heavy atom. The molecule has 1 saturated heterocycles. The molecule has 0 aromatic heterocycles. The largest absolute Gasteiger partial charge is 0.416 e. The van der Waals surface area contributed by atoms with E-state index in [0.29, 0.717) is 13.1 Å².